The first-order chi connectivity index (χ1) is 12.5. The maximum Gasteiger partial charge on any atom is 0.190 e. The zero-order valence-corrected chi connectivity index (χ0v) is 16.0. The van der Waals surface area contributed by atoms with Crippen molar-refractivity contribution in [2.75, 3.05) is 6.61 Å². The van der Waals surface area contributed by atoms with Gasteiger partial charge in [0, 0.05) is 6.61 Å². The summed E-state index contributed by atoms with van der Waals surface area (Å²) in [6.07, 6.45) is 3.27. The number of hydrogen-bond donors (Lipinski definition) is 0. The molecule has 2 heterocycles. The molecule has 0 bridgehead atoms. The molecule has 0 N–H and O–H groups in total. The van der Waals surface area contributed by atoms with E-state index < -0.39 is 11.4 Å². The number of rotatable bonds is 7. The normalized spacial score (nSPS) is 37.7. The first kappa shape index (κ1) is 18.4. The highest BCUT2D eigenvalue weighted by Gasteiger charge is 2.68. The van der Waals surface area contributed by atoms with Gasteiger partial charge in [-0.2, -0.15) is 0 Å². The maximum absolute atomic E-state index is 6.53. The predicted molar refractivity (Wildman–Crippen MR) is 96.5 cm³/mol. The van der Waals surface area contributed by atoms with E-state index in [1.165, 1.54) is 0 Å². The van der Waals surface area contributed by atoms with Crippen molar-refractivity contribution in [3.05, 3.63) is 35.9 Å². The van der Waals surface area contributed by atoms with E-state index in [-0.39, 0.29) is 24.6 Å². The van der Waals surface area contributed by atoms with Crippen molar-refractivity contribution in [3.8, 4) is 0 Å². The zero-order valence-electron chi connectivity index (χ0n) is 16.0. The standard InChI is InChI=1S/C21H30O5/c1-4-5-13-22-16-11-12-21(23-14-15-9-7-6-8-10-15)17(16)24-19-18(21)25-20(2,3)26-19/h6-10,16-19H,4-5,11-14H2,1-3H3/t16-,17?,18+,19-,21-/m1/s1. The minimum Gasteiger partial charge on any atom is -0.375 e. The van der Waals surface area contributed by atoms with Gasteiger partial charge in [-0.3, -0.25) is 0 Å². The molecule has 1 saturated carbocycles. The van der Waals surface area contributed by atoms with Gasteiger partial charge in [-0.25, -0.2) is 0 Å². The highest BCUT2D eigenvalue weighted by molar-refractivity contribution is 5.16. The van der Waals surface area contributed by atoms with Crippen LogP contribution in [0.15, 0.2) is 30.3 Å². The Kier molecular flexibility index (Phi) is 5.10. The minimum absolute atomic E-state index is 0.0400. The molecule has 0 aromatic heterocycles. The van der Waals surface area contributed by atoms with Gasteiger partial charge in [0.1, 0.15) is 17.8 Å². The van der Waals surface area contributed by atoms with Crippen LogP contribution in [0.4, 0.5) is 0 Å². The molecule has 1 unspecified atom stereocenters. The SMILES string of the molecule is CCCCO[C@@H]1CC[C@@]2(OCc3ccccc3)C1O[C@@H]1OC(C)(C)O[C@@H]12. The van der Waals surface area contributed by atoms with Gasteiger partial charge in [0.05, 0.1) is 12.7 Å². The lowest BCUT2D eigenvalue weighted by Gasteiger charge is -2.34. The van der Waals surface area contributed by atoms with Gasteiger partial charge in [0.15, 0.2) is 12.1 Å². The molecule has 26 heavy (non-hydrogen) atoms. The molecular weight excluding hydrogens is 332 g/mol. The fourth-order valence-electron chi connectivity index (χ4n) is 4.37. The van der Waals surface area contributed by atoms with Gasteiger partial charge < -0.3 is 23.7 Å². The lowest BCUT2D eigenvalue weighted by Crippen LogP contribution is -2.50. The van der Waals surface area contributed by atoms with Crippen LogP contribution in [0.25, 0.3) is 0 Å². The summed E-state index contributed by atoms with van der Waals surface area (Å²) in [5.41, 5.74) is 0.642. The van der Waals surface area contributed by atoms with Crippen LogP contribution in [-0.4, -0.2) is 42.6 Å². The van der Waals surface area contributed by atoms with E-state index in [1.807, 2.05) is 32.0 Å². The first-order valence-corrected chi connectivity index (χ1v) is 9.85. The Balaban J connectivity index is 1.52. The molecule has 0 amide bonds. The van der Waals surface area contributed by atoms with Crippen molar-refractivity contribution in [1.82, 2.24) is 0 Å². The van der Waals surface area contributed by atoms with Crippen molar-refractivity contribution in [1.29, 1.82) is 0 Å². The third kappa shape index (κ3) is 3.32. The van der Waals surface area contributed by atoms with Crippen molar-refractivity contribution >= 4 is 0 Å². The van der Waals surface area contributed by atoms with Gasteiger partial charge >= 0.3 is 0 Å². The molecule has 0 spiro atoms. The smallest absolute Gasteiger partial charge is 0.190 e. The first-order valence-electron chi connectivity index (χ1n) is 9.85. The molecule has 2 saturated heterocycles. The molecule has 1 aromatic rings. The second kappa shape index (κ2) is 7.21. The molecule has 0 radical (unpaired) electrons. The summed E-state index contributed by atoms with van der Waals surface area (Å²) in [6, 6.07) is 10.2. The Morgan fingerprint density at radius 3 is 2.69 bits per heavy atom. The lowest BCUT2D eigenvalue weighted by atomic mass is 9.94. The highest BCUT2D eigenvalue weighted by atomic mass is 16.8. The topological polar surface area (TPSA) is 46.2 Å². The Morgan fingerprint density at radius 2 is 1.92 bits per heavy atom. The van der Waals surface area contributed by atoms with E-state index in [1.54, 1.807) is 0 Å². The maximum atomic E-state index is 6.53. The molecular formula is C21H30O5. The van der Waals surface area contributed by atoms with Crippen molar-refractivity contribution in [2.24, 2.45) is 0 Å². The van der Waals surface area contributed by atoms with E-state index in [2.05, 4.69) is 19.1 Å². The molecule has 5 atom stereocenters. The van der Waals surface area contributed by atoms with Gasteiger partial charge in [-0.1, -0.05) is 43.7 Å². The van der Waals surface area contributed by atoms with Crippen LogP contribution < -0.4 is 0 Å². The van der Waals surface area contributed by atoms with Crippen LogP contribution in [0.1, 0.15) is 52.0 Å². The van der Waals surface area contributed by atoms with E-state index in [0.717, 1.165) is 37.9 Å². The number of benzene rings is 1. The molecule has 3 aliphatic rings. The predicted octanol–water partition coefficient (Wildman–Crippen LogP) is 3.80. The third-order valence-corrected chi connectivity index (χ3v) is 5.64. The van der Waals surface area contributed by atoms with E-state index in [0.29, 0.717) is 6.61 Å². The average Bonchev–Trinajstić information content (AvgIpc) is 3.21. The number of fused-ring (bicyclic) bond motifs is 3. The highest BCUT2D eigenvalue weighted by Crippen LogP contribution is 2.53. The fraction of sp³-hybridized carbons (Fsp3) is 0.714. The molecule has 4 rings (SSSR count). The van der Waals surface area contributed by atoms with Gasteiger partial charge in [-0.05, 0) is 38.7 Å². The summed E-state index contributed by atoms with van der Waals surface area (Å²) in [5.74, 6) is -0.648. The van der Waals surface area contributed by atoms with Crippen molar-refractivity contribution < 1.29 is 23.7 Å². The number of hydrogen-bond acceptors (Lipinski definition) is 5. The molecule has 144 valence electrons. The second-order valence-corrected chi connectivity index (χ2v) is 8.01. The van der Waals surface area contributed by atoms with E-state index >= 15 is 0 Å². The summed E-state index contributed by atoms with van der Waals surface area (Å²) in [7, 11) is 0. The summed E-state index contributed by atoms with van der Waals surface area (Å²) >= 11 is 0. The van der Waals surface area contributed by atoms with Crippen LogP contribution in [0.2, 0.25) is 0 Å². The number of unbranched alkanes of at least 4 members (excludes halogenated alkanes) is 1. The van der Waals surface area contributed by atoms with Crippen molar-refractivity contribution in [2.45, 2.75) is 89.1 Å². The van der Waals surface area contributed by atoms with E-state index in [9.17, 15) is 0 Å². The second-order valence-electron chi connectivity index (χ2n) is 8.01. The molecule has 1 aliphatic carbocycles. The zero-order chi connectivity index (χ0) is 18.2. The molecule has 3 fully saturated rings. The summed E-state index contributed by atoms with van der Waals surface area (Å²) < 4.78 is 31.2. The fourth-order valence-corrected chi connectivity index (χ4v) is 4.37. The van der Waals surface area contributed by atoms with Crippen LogP contribution >= 0.6 is 0 Å². The largest absolute Gasteiger partial charge is 0.375 e. The summed E-state index contributed by atoms with van der Waals surface area (Å²) in [5, 5.41) is 0. The Hall–Kier alpha value is -0.980. The van der Waals surface area contributed by atoms with Gasteiger partial charge in [0.2, 0.25) is 0 Å². The lowest BCUT2D eigenvalue weighted by molar-refractivity contribution is -0.243. The molecule has 1 aromatic carbocycles. The van der Waals surface area contributed by atoms with Crippen LogP contribution in [-0.2, 0) is 30.3 Å². The van der Waals surface area contributed by atoms with Gasteiger partial charge in [-0.15, -0.1) is 0 Å². The molecule has 5 heteroatoms. The van der Waals surface area contributed by atoms with Crippen LogP contribution in [0.3, 0.4) is 0 Å². The molecule has 5 nitrogen and oxygen atoms in total. The quantitative estimate of drug-likeness (QED) is 0.691. The third-order valence-electron chi connectivity index (χ3n) is 5.64. The average molecular weight is 362 g/mol. The minimum atomic E-state index is -0.648. The summed E-state index contributed by atoms with van der Waals surface area (Å²) in [6.45, 7) is 7.33. The Bertz CT molecular complexity index is 604. The van der Waals surface area contributed by atoms with Crippen molar-refractivity contribution in [3.63, 3.8) is 0 Å². The summed E-state index contributed by atoms with van der Waals surface area (Å²) in [4.78, 5) is 0. The Labute approximate surface area is 155 Å². The van der Waals surface area contributed by atoms with Crippen LogP contribution in [0, 0.1) is 0 Å². The monoisotopic (exact) mass is 362 g/mol. The van der Waals surface area contributed by atoms with Gasteiger partial charge in [0.25, 0.3) is 0 Å². The Morgan fingerprint density at radius 1 is 1.12 bits per heavy atom. The number of ether oxygens (including phenoxy) is 5. The molecule has 2 aliphatic heterocycles. The van der Waals surface area contributed by atoms with Crippen LogP contribution in [0.5, 0.6) is 0 Å². The van der Waals surface area contributed by atoms with E-state index in [4.69, 9.17) is 23.7 Å².